The average molecular weight is 647 g/mol. The number of methoxy groups -OCH3 is 3. The van der Waals surface area contributed by atoms with Crippen LogP contribution in [0.25, 0.3) is 11.1 Å². The molecular weight excluding hydrogens is 609 g/mol. The number of rotatable bonds is 3. The van der Waals surface area contributed by atoms with Crippen molar-refractivity contribution >= 4 is 21.6 Å². The number of fused-ring (bicyclic) bond motifs is 7. The zero-order valence-electron chi connectivity index (χ0n) is 25.9. The van der Waals surface area contributed by atoms with E-state index in [4.69, 9.17) is 18.9 Å². The summed E-state index contributed by atoms with van der Waals surface area (Å²) in [6, 6.07) is 9.35. The largest absolute Gasteiger partial charge is 0.508 e. The molecule has 0 spiro atoms. The number of benzene rings is 3. The van der Waals surface area contributed by atoms with Crippen molar-refractivity contribution in [2.45, 2.75) is 68.3 Å². The van der Waals surface area contributed by atoms with E-state index in [0.29, 0.717) is 35.0 Å². The summed E-state index contributed by atoms with van der Waals surface area (Å²) in [4.78, 5) is 0. The van der Waals surface area contributed by atoms with Crippen LogP contribution in [0.15, 0.2) is 30.3 Å². The third-order valence-electron chi connectivity index (χ3n) is 9.88. The zero-order valence-corrected chi connectivity index (χ0v) is 27.5. The summed E-state index contributed by atoms with van der Waals surface area (Å²) in [5.41, 5.74) is 6.66. The van der Waals surface area contributed by atoms with Crippen LogP contribution in [0, 0.1) is 17.8 Å². The van der Waals surface area contributed by atoms with Crippen molar-refractivity contribution in [3.8, 4) is 57.5 Å². The lowest BCUT2D eigenvalue weighted by atomic mass is 9.70. The molecule has 0 unspecified atom stereocenters. The van der Waals surface area contributed by atoms with E-state index in [1.165, 1.54) is 14.2 Å². The quantitative estimate of drug-likeness (QED) is 0.203. The van der Waals surface area contributed by atoms with Gasteiger partial charge >= 0.3 is 0 Å². The fourth-order valence-corrected chi connectivity index (χ4v) is 10.4. The van der Waals surface area contributed by atoms with Crippen molar-refractivity contribution in [2.75, 3.05) is 27.1 Å². The highest BCUT2D eigenvalue weighted by Gasteiger charge is 2.47. The second-order valence-corrected chi connectivity index (χ2v) is 15.0. The highest BCUT2D eigenvalue weighted by molar-refractivity contribution is 8.77. The Kier molecular flexibility index (Phi) is 8.18. The topological polar surface area (TPSA) is 97.6 Å². The van der Waals surface area contributed by atoms with Crippen LogP contribution in [0.4, 0.5) is 0 Å². The van der Waals surface area contributed by atoms with E-state index in [9.17, 15) is 15.3 Å². The second-order valence-electron chi connectivity index (χ2n) is 12.4. The van der Waals surface area contributed by atoms with Crippen molar-refractivity contribution in [2.24, 2.45) is 5.92 Å². The maximum atomic E-state index is 12.4. The summed E-state index contributed by atoms with van der Waals surface area (Å²) >= 11 is 0. The molecule has 3 aromatic rings. The monoisotopic (exact) mass is 646 g/mol. The van der Waals surface area contributed by atoms with Gasteiger partial charge in [-0.2, -0.15) is 0 Å². The van der Waals surface area contributed by atoms with Crippen molar-refractivity contribution in [1.82, 2.24) is 0 Å². The SMILES string of the molecule is COc1cc2c(c(OC)c1O)CC#C[C@@H]1SSCC[C@@H](C)CC[C@@H]3Cc4c(c(OC)cc5c4[C@H]1[C@@H](O)[C@H]2O5)-c1ccc(O)cc13. The molecule has 2 aliphatic heterocycles. The molecule has 7 nitrogen and oxygen atoms in total. The Bertz CT molecular complexity index is 1710. The Morgan fingerprint density at radius 2 is 1.76 bits per heavy atom. The van der Waals surface area contributed by atoms with E-state index in [1.807, 2.05) is 29.0 Å². The van der Waals surface area contributed by atoms with Gasteiger partial charge in [0.15, 0.2) is 17.6 Å². The first kappa shape index (κ1) is 30.3. The van der Waals surface area contributed by atoms with Crippen LogP contribution in [0.3, 0.4) is 0 Å². The molecule has 4 bridgehead atoms. The maximum Gasteiger partial charge on any atom is 0.201 e. The van der Waals surface area contributed by atoms with Crippen LogP contribution in [0.5, 0.6) is 34.5 Å². The van der Waals surface area contributed by atoms with Crippen molar-refractivity contribution < 1.29 is 34.3 Å². The Morgan fingerprint density at radius 1 is 0.933 bits per heavy atom. The minimum absolute atomic E-state index is 0.0985. The number of hydrogen-bond acceptors (Lipinski definition) is 9. The number of aliphatic hydroxyl groups excluding tert-OH is 1. The number of phenols is 2. The fraction of sp³-hybridized carbons (Fsp3) is 0.444. The molecule has 0 fully saturated rings. The second kappa shape index (κ2) is 12.1. The van der Waals surface area contributed by atoms with E-state index in [-0.39, 0.29) is 40.1 Å². The first-order valence-corrected chi connectivity index (χ1v) is 17.9. The predicted molar refractivity (Wildman–Crippen MR) is 178 cm³/mol. The van der Waals surface area contributed by atoms with Crippen LogP contribution in [-0.2, 0) is 12.8 Å². The van der Waals surface area contributed by atoms with Gasteiger partial charge in [0.1, 0.15) is 23.4 Å². The fourth-order valence-electron chi connectivity index (χ4n) is 7.61. The molecule has 3 N–H and O–H groups in total. The molecule has 45 heavy (non-hydrogen) atoms. The highest BCUT2D eigenvalue weighted by atomic mass is 33.1. The standard InChI is InChI=1S/C36H38O7S2/c1-18-8-9-19-14-25-30(21-11-10-20(37)15-23(19)21)26(40-2)17-27-31(25)32-29(45-44-13-12-18)7-5-6-22-24(36(43-27)34(32)39)16-28(41-3)33(38)35(22)42-4/h10-11,15-19,29,32,34,36-39H,6,8-9,12-14H2,1-4H3/t18-,19+,29-,32-,34+,36-/m0/s1. The third-order valence-corrected chi connectivity index (χ3v) is 12.6. The van der Waals surface area contributed by atoms with E-state index < -0.39 is 12.2 Å². The van der Waals surface area contributed by atoms with E-state index >= 15 is 0 Å². The van der Waals surface area contributed by atoms with E-state index in [2.05, 4.69) is 18.8 Å². The van der Waals surface area contributed by atoms with Crippen LogP contribution >= 0.6 is 21.6 Å². The number of aliphatic hydroxyl groups is 1. The summed E-state index contributed by atoms with van der Waals surface area (Å²) in [6.45, 7) is 2.32. The highest BCUT2D eigenvalue weighted by Crippen LogP contribution is 2.58. The molecule has 0 radical (unpaired) electrons. The third kappa shape index (κ3) is 5.06. The normalized spacial score (nSPS) is 26.4. The number of phenolic OH excluding ortho intramolecular Hbond substituents is 2. The molecule has 0 aromatic heterocycles. The summed E-state index contributed by atoms with van der Waals surface area (Å²) in [7, 11) is 8.24. The Labute approximate surface area is 272 Å². The Hall–Kier alpha value is -3.32. The molecule has 0 saturated heterocycles. The van der Waals surface area contributed by atoms with Gasteiger partial charge in [0, 0.05) is 46.4 Å². The van der Waals surface area contributed by atoms with Gasteiger partial charge in [-0.1, -0.05) is 52.8 Å². The van der Waals surface area contributed by atoms with Crippen LogP contribution in [0.2, 0.25) is 0 Å². The Morgan fingerprint density at radius 3 is 2.53 bits per heavy atom. The zero-order chi connectivity index (χ0) is 31.4. The molecule has 7 rings (SSSR count). The van der Waals surface area contributed by atoms with Gasteiger partial charge in [-0.25, -0.2) is 0 Å². The number of aromatic hydroxyl groups is 2. The van der Waals surface area contributed by atoms with Gasteiger partial charge in [-0.05, 0) is 66.0 Å². The summed E-state index contributed by atoms with van der Waals surface area (Å²) < 4.78 is 24.1. The first-order chi connectivity index (χ1) is 21.8. The molecule has 0 saturated carbocycles. The van der Waals surface area contributed by atoms with E-state index in [0.717, 1.165) is 59.3 Å². The van der Waals surface area contributed by atoms with Crippen molar-refractivity contribution in [3.05, 3.63) is 58.1 Å². The van der Waals surface area contributed by atoms with Gasteiger partial charge in [-0.3, -0.25) is 0 Å². The van der Waals surface area contributed by atoms with Crippen molar-refractivity contribution in [1.29, 1.82) is 0 Å². The Balaban J connectivity index is 1.51. The number of hydrogen-bond donors (Lipinski definition) is 3. The molecule has 9 heteroatoms. The van der Waals surface area contributed by atoms with Gasteiger partial charge in [0.25, 0.3) is 0 Å². The predicted octanol–water partition coefficient (Wildman–Crippen LogP) is 7.14. The lowest BCUT2D eigenvalue weighted by Gasteiger charge is -2.42. The van der Waals surface area contributed by atoms with Crippen LogP contribution in [0.1, 0.15) is 71.9 Å². The molecule has 4 aliphatic rings. The lowest BCUT2D eigenvalue weighted by Crippen LogP contribution is -2.40. The van der Waals surface area contributed by atoms with Gasteiger partial charge < -0.3 is 34.3 Å². The van der Waals surface area contributed by atoms with Crippen molar-refractivity contribution in [3.63, 3.8) is 0 Å². The maximum absolute atomic E-state index is 12.4. The van der Waals surface area contributed by atoms with Crippen LogP contribution < -0.4 is 18.9 Å². The van der Waals surface area contributed by atoms with Gasteiger partial charge in [-0.15, -0.1) is 0 Å². The first-order valence-electron chi connectivity index (χ1n) is 15.5. The van der Waals surface area contributed by atoms with Gasteiger partial charge in [0.05, 0.1) is 26.6 Å². The summed E-state index contributed by atoms with van der Waals surface area (Å²) in [5.74, 6) is 10.4. The minimum Gasteiger partial charge on any atom is -0.508 e. The lowest BCUT2D eigenvalue weighted by molar-refractivity contribution is 0.000945. The molecule has 3 aromatic carbocycles. The average Bonchev–Trinajstić information content (AvgIpc) is 3.07. The molecule has 0 amide bonds. The summed E-state index contributed by atoms with van der Waals surface area (Å²) in [5, 5.41) is 33.7. The molecule has 6 atom stereocenters. The number of ether oxygens (including phenoxy) is 4. The summed E-state index contributed by atoms with van der Waals surface area (Å²) in [6.07, 6.45) is 2.55. The smallest absolute Gasteiger partial charge is 0.201 e. The van der Waals surface area contributed by atoms with Gasteiger partial charge in [0.2, 0.25) is 5.75 Å². The molecule has 2 aliphatic carbocycles. The minimum atomic E-state index is -0.943. The van der Waals surface area contributed by atoms with E-state index in [1.54, 1.807) is 30.0 Å². The molecule has 236 valence electrons. The molecular formula is C36H38O7S2. The molecule has 2 heterocycles. The van der Waals surface area contributed by atoms with Crippen LogP contribution in [-0.4, -0.2) is 53.8 Å².